The summed E-state index contributed by atoms with van der Waals surface area (Å²) in [5.41, 5.74) is 0.518. The molecule has 0 radical (unpaired) electrons. The maximum Gasteiger partial charge on any atom is 0.251 e. The molecular formula is C18H28N3O3S+. The second-order valence-electron chi connectivity index (χ2n) is 6.99. The molecule has 3 saturated heterocycles. The Morgan fingerprint density at radius 2 is 1.76 bits per heavy atom. The van der Waals surface area contributed by atoms with Crippen LogP contribution in [0.15, 0.2) is 29.2 Å². The number of carbonyl (C=O) groups is 1. The summed E-state index contributed by atoms with van der Waals surface area (Å²) in [6, 6.07) is 6.53. The van der Waals surface area contributed by atoms with E-state index < -0.39 is 10.0 Å². The molecule has 4 rings (SSSR count). The smallest absolute Gasteiger partial charge is 0.251 e. The van der Waals surface area contributed by atoms with Crippen molar-refractivity contribution in [1.29, 1.82) is 0 Å². The van der Waals surface area contributed by atoms with Gasteiger partial charge in [-0.15, -0.1) is 0 Å². The Labute approximate surface area is 150 Å². The number of nitrogens with one attached hydrogen (secondary N) is 2. The van der Waals surface area contributed by atoms with Crippen molar-refractivity contribution in [2.45, 2.75) is 37.6 Å². The van der Waals surface area contributed by atoms with Gasteiger partial charge >= 0.3 is 0 Å². The fourth-order valence-corrected chi connectivity index (χ4v) is 5.50. The molecule has 3 aliphatic rings. The van der Waals surface area contributed by atoms with E-state index in [0.29, 0.717) is 24.6 Å². The molecule has 1 aromatic rings. The van der Waals surface area contributed by atoms with Gasteiger partial charge < -0.3 is 10.2 Å². The van der Waals surface area contributed by atoms with Crippen molar-refractivity contribution in [3.8, 4) is 0 Å². The minimum absolute atomic E-state index is 0.107. The molecule has 0 aliphatic carbocycles. The summed E-state index contributed by atoms with van der Waals surface area (Å²) in [7, 11) is -3.48. The summed E-state index contributed by atoms with van der Waals surface area (Å²) in [5, 5.41) is 3.15. The lowest BCUT2D eigenvalue weighted by molar-refractivity contribution is -0.917. The van der Waals surface area contributed by atoms with Gasteiger partial charge in [-0.2, -0.15) is 4.31 Å². The summed E-state index contributed by atoms with van der Waals surface area (Å²) < 4.78 is 26.4. The van der Waals surface area contributed by atoms with Crippen LogP contribution in [0.5, 0.6) is 0 Å². The van der Waals surface area contributed by atoms with Crippen molar-refractivity contribution in [3.05, 3.63) is 29.8 Å². The third kappa shape index (κ3) is 3.73. The highest BCUT2D eigenvalue weighted by Gasteiger charge is 2.38. The van der Waals surface area contributed by atoms with Crippen molar-refractivity contribution in [1.82, 2.24) is 9.62 Å². The van der Waals surface area contributed by atoms with Gasteiger partial charge in [-0.3, -0.25) is 4.79 Å². The number of sulfonamides is 1. The van der Waals surface area contributed by atoms with Crippen molar-refractivity contribution in [3.63, 3.8) is 0 Å². The monoisotopic (exact) mass is 366 g/mol. The average Bonchev–Trinajstić information content (AvgIpc) is 2.63. The Kier molecular flexibility index (Phi) is 5.46. The summed E-state index contributed by atoms with van der Waals surface area (Å²) >= 11 is 0. The van der Waals surface area contributed by atoms with Crippen LogP contribution in [0.2, 0.25) is 0 Å². The van der Waals surface area contributed by atoms with Gasteiger partial charge in [0, 0.05) is 31.5 Å². The lowest BCUT2D eigenvalue weighted by Gasteiger charge is -2.42. The molecule has 1 aromatic carbocycles. The number of fused-ring (bicyclic) bond motifs is 3. The highest BCUT2D eigenvalue weighted by Crippen LogP contribution is 2.19. The molecule has 3 fully saturated rings. The summed E-state index contributed by atoms with van der Waals surface area (Å²) in [6.07, 6.45) is 2.36. The van der Waals surface area contributed by atoms with Crippen molar-refractivity contribution >= 4 is 15.9 Å². The molecule has 138 valence electrons. The van der Waals surface area contributed by atoms with Crippen LogP contribution in [0.3, 0.4) is 0 Å². The van der Waals surface area contributed by atoms with Gasteiger partial charge in [0.2, 0.25) is 10.0 Å². The van der Waals surface area contributed by atoms with Crippen LogP contribution >= 0.6 is 0 Å². The zero-order chi connectivity index (χ0) is 18.0. The minimum Gasteiger partial charge on any atom is -0.343 e. The molecular weight excluding hydrogens is 338 g/mol. The molecule has 0 spiro atoms. The lowest BCUT2D eigenvalue weighted by Crippen LogP contribution is -3.17. The Hall–Kier alpha value is -1.44. The van der Waals surface area contributed by atoms with E-state index in [1.807, 2.05) is 13.8 Å². The maximum atomic E-state index is 12.5. The summed E-state index contributed by atoms with van der Waals surface area (Å²) in [5.74, 6) is 0.480. The van der Waals surface area contributed by atoms with Crippen LogP contribution < -0.4 is 10.2 Å². The zero-order valence-corrected chi connectivity index (χ0v) is 15.8. The fraction of sp³-hybridized carbons (Fsp3) is 0.611. The van der Waals surface area contributed by atoms with Crippen LogP contribution in [0.1, 0.15) is 37.0 Å². The highest BCUT2D eigenvalue weighted by molar-refractivity contribution is 7.89. The van der Waals surface area contributed by atoms with Crippen LogP contribution in [0.25, 0.3) is 0 Å². The van der Waals surface area contributed by atoms with E-state index in [9.17, 15) is 13.2 Å². The van der Waals surface area contributed by atoms with E-state index in [2.05, 4.69) is 5.32 Å². The predicted octanol–water partition coefficient (Wildman–Crippen LogP) is 0.124. The first-order valence-corrected chi connectivity index (χ1v) is 10.6. The number of hydrogen-bond acceptors (Lipinski definition) is 3. The van der Waals surface area contributed by atoms with Gasteiger partial charge in [-0.05, 0) is 30.2 Å². The molecule has 2 bridgehead atoms. The lowest BCUT2D eigenvalue weighted by atomic mass is 9.84. The third-order valence-corrected chi connectivity index (χ3v) is 7.66. The molecule has 2 N–H and O–H groups in total. The number of rotatable bonds is 6. The Bertz CT molecular complexity index is 706. The number of nitrogens with zero attached hydrogens (tertiary/aromatic N) is 1. The third-order valence-electron chi connectivity index (χ3n) is 5.59. The summed E-state index contributed by atoms with van der Waals surface area (Å²) in [6.45, 7) is 7.94. The molecule has 1 amide bonds. The molecule has 6 nitrogen and oxygen atoms in total. The van der Waals surface area contributed by atoms with Crippen molar-refractivity contribution in [2.75, 3.05) is 32.7 Å². The van der Waals surface area contributed by atoms with E-state index in [0.717, 1.165) is 6.54 Å². The molecule has 3 aliphatic heterocycles. The Morgan fingerprint density at radius 1 is 1.16 bits per heavy atom. The van der Waals surface area contributed by atoms with E-state index in [1.165, 1.54) is 42.4 Å². The molecule has 0 aromatic heterocycles. The molecule has 0 saturated carbocycles. The van der Waals surface area contributed by atoms with Crippen LogP contribution in [0, 0.1) is 5.92 Å². The average molecular weight is 367 g/mol. The predicted molar refractivity (Wildman–Crippen MR) is 96.1 cm³/mol. The second kappa shape index (κ2) is 7.43. The number of amides is 1. The first kappa shape index (κ1) is 18.4. The van der Waals surface area contributed by atoms with Crippen LogP contribution in [-0.2, 0) is 10.0 Å². The SMILES string of the molecule is CCN(CC)S(=O)(=O)c1ccc(C(=O)N[C@H]2C[NH+]3CCC2CC3)cc1. The normalized spacial score (nSPS) is 26.0. The molecule has 0 unspecified atom stereocenters. The minimum atomic E-state index is -3.48. The standard InChI is InChI=1S/C18H27N3O3S/c1-3-21(4-2)25(23,24)16-7-5-15(6-8-16)18(22)19-17-13-20-11-9-14(17)10-12-20/h5-8,14,17H,3-4,9-13H2,1-2H3,(H,19,22)/p+1/t17-/m0/s1. The molecule has 3 heterocycles. The van der Waals surface area contributed by atoms with Gasteiger partial charge in [0.05, 0.1) is 30.6 Å². The Balaban J connectivity index is 1.69. The number of benzene rings is 1. The van der Waals surface area contributed by atoms with Gasteiger partial charge in [-0.25, -0.2) is 8.42 Å². The Morgan fingerprint density at radius 3 is 2.24 bits per heavy atom. The number of quaternary nitrogens is 1. The quantitative estimate of drug-likeness (QED) is 0.752. The molecule has 7 heteroatoms. The van der Waals surface area contributed by atoms with Gasteiger partial charge in [0.15, 0.2) is 0 Å². The van der Waals surface area contributed by atoms with E-state index >= 15 is 0 Å². The van der Waals surface area contributed by atoms with Crippen LogP contribution in [-0.4, -0.2) is 57.4 Å². The first-order chi connectivity index (χ1) is 12.0. The number of piperidine rings is 3. The van der Waals surface area contributed by atoms with E-state index in [-0.39, 0.29) is 16.8 Å². The van der Waals surface area contributed by atoms with Gasteiger partial charge in [0.1, 0.15) is 0 Å². The van der Waals surface area contributed by atoms with E-state index in [4.69, 9.17) is 0 Å². The fourth-order valence-electron chi connectivity index (χ4n) is 4.04. The number of carbonyl (C=O) groups excluding carboxylic acids is 1. The van der Waals surface area contributed by atoms with Crippen LogP contribution in [0.4, 0.5) is 0 Å². The van der Waals surface area contributed by atoms with Crippen molar-refractivity contribution in [2.24, 2.45) is 5.92 Å². The van der Waals surface area contributed by atoms with Gasteiger partial charge in [-0.1, -0.05) is 13.8 Å². The number of hydrogen-bond donors (Lipinski definition) is 2. The zero-order valence-electron chi connectivity index (χ0n) is 15.0. The largest absolute Gasteiger partial charge is 0.343 e. The second-order valence-corrected chi connectivity index (χ2v) is 8.92. The maximum absolute atomic E-state index is 12.5. The molecule has 1 atom stereocenters. The summed E-state index contributed by atoms with van der Waals surface area (Å²) in [4.78, 5) is 14.3. The van der Waals surface area contributed by atoms with Crippen molar-refractivity contribution < 1.29 is 18.1 Å². The highest BCUT2D eigenvalue weighted by atomic mass is 32.2. The first-order valence-electron chi connectivity index (χ1n) is 9.20. The van der Waals surface area contributed by atoms with Gasteiger partial charge in [0.25, 0.3) is 5.91 Å². The molecule has 25 heavy (non-hydrogen) atoms. The topological polar surface area (TPSA) is 70.9 Å². The van der Waals surface area contributed by atoms with E-state index in [1.54, 1.807) is 17.0 Å².